The molecule has 4 heteroatoms. The van der Waals surface area contributed by atoms with E-state index in [2.05, 4.69) is 10.3 Å². The van der Waals surface area contributed by atoms with Gasteiger partial charge in [-0.3, -0.25) is 4.79 Å². The lowest BCUT2D eigenvalue weighted by Gasteiger charge is -2.11. The first kappa shape index (κ1) is 10.4. The summed E-state index contributed by atoms with van der Waals surface area (Å²) in [5.41, 5.74) is 0. The van der Waals surface area contributed by atoms with Gasteiger partial charge >= 0.3 is 5.97 Å². The van der Waals surface area contributed by atoms with Crippen LogP contribution in [0.1, 0.15) is 6.92 Å². The predicted octanol–water partition coefficient (Wildman–Crippen LogP) is 2.12. The highest BCUT2D eigenvalue weighted by atomic mass is 16.4. The molecule has 1 unspecified atom stereocenters. The molecule has 0 saturated carbocycles. The number of carboxylic acid groups (broad SMARTS) is 1. The summed E-state index contributed by atoms with van der Waals surface area (Å²) in [6.07, 6.45) is 1.67. The first-order valence-corrected chi connectivity index (χ1v) is 5.01. The van der Waals surface area contributed by atoms with E-state index in [4.69, 9.17) is 5.11 Å². The number of anilines is 1. The molecule has 0 fully saturated rings. The van der Waals surface area contributed by atoms with E-state index in [0.29, 0.717) is 5.82 Å². The number of carbonyl (C=O) groups is 1. The fraction of sp³-hybridized carbons (Fsp3) is 0.167. The van der Waals surface area contributed by atoms with Crippen LogP contribution < -0.4 is 5.32 Å². The Morgan fingerprint density at radius 1 is 1.38 bits per heavy atom. The molecule has 1 atom stereocenters. The van der Waals surface area contributed by atoms with Crippen LogP contribution in [0, 0.1) is 0 Å². The van der Waals surface area contributed by atoms with Crippen molar-refractivity contribution in [3.63, 3.8) is 0 Å². The van der Waals surface area contributed by atoms with Crippen molar-refractivity contribution in [2.45, 2.75) is 13.0 Å². The molecule has 2 rings (SSSR count). The first-order chi connectivity index (χ1) is 7.68. The summed E-state index contributed by atoms with van der Waals surface area (Å²) in [6, 6.07) is 8.96. The quantitative estimate of drug-likeness (QED) is 0.824. The van der Waals surface area contributed by atoms with Crippen molar-refractivity contribution in [3.8, 4) is 0 Å². The number of hydrogen-bond donors (Lipinski definition) is 2. The van der Waals surface area contributed by atoms with Gasteiger partial charge in [-0.15, -0.1) is 0 Å². The van der Waals surface area contributed by atoms with Gasteiger partial charge in [-0.2, -0.15) is 0 Å². The summed E-state index contributed by atoms with van der Waals surface area (Å²) < 4.78 is 0. The molecule has 0 aliphatic rings. The van der Waals surface area contributed by atoms with Gasteiger partial charge in [0.2, 0.25) is 0 Å². The van der Waals surface area contributed by atoms with Crippen molar-refractivity contribution < 1.29 is 9.90 Å². The standard InChI is InChI=1S/C12H12N2O2/c1-8(12(15)16)14-11-10-5-3-2-4-9(10)6-7-13-11/h2-8H,1H3,(H,13,14)(H,15,16). The van der Waals surface area contributed by atoms with E-state index < -0.39 is 12.0 Å². The Morgan fingerprint density at radius 2 is 2.12 bits per heavy atom. The molecule has 4 nitrogen and oxygen atoms in total. The SMILES string of the molecule is CC(Nc1nccc2ccccc12)C(=O)O. The Bertz CT molecular complexity index is 520. The van der Waals surface area contributed by atoms with Gasteiger partial charge in [0.25, 0.3) is 0 Å². The van der Waals surface area contributed by atoms with E-state index in [9.17, 15) is 4.79 Å². The highest BCUT2D eigenvalue weighted by Gasteiger charge is 2.12. The highest BCUT2D eigenvalue weighted by Crippen LogP contribution is 2.20. The Labute approximate surface area is 92.9 Å². The van der Waals surface area contributed by atoms with Crippen LogP contribution in [-0.4, -0.2) is 22.1 Å². The van der Waals surface area contributed by atoms with Crippen molar-refractivity contribution in [1.29, 1.82) is 0 Å². The smallest absolute Gasteiger partial charge is 0.325 e. The number of hydrogen-bond acceptors (Lipinski definition) is 3. The lowest BCUT2D eigenvalue weighted by molar-refractivity contribution is -0.137. The van der Waals surface area contributed by atoms with Gasteiger partial charge in [0.1, 0.15) is 11.9 Å². The Balaban J connectivity index is 2.41. The van der Waals surface area contributed by atoms with E-state index in [0.717, 1.165) is 10.8 Å². The lowest BCUT2D eigenvalue weighted by atomic mass is 10.1. The van der Waals surface area contributed by atoms with Crippen LogP contribution in [0.5, 0.6) is 0 Å². The monoisotopic (exact) mass is 216 g/mol. The van der Waals surface area contributed by atoms with E-state index >= 15 is 0 Å². The lowest BCUT2D eigenvalue weighted by Crippen LogP contribution is -2.25. The van der Waals surface area contributed by atoms with Gasteiger partial charge in [0.05, 0.1) is 0 Å². The molecule has 1 aromatic heterocycles. The molecule has 82 valence electrons. The van der Waals surface area contributed by atoms with Gasteiger partial charge in [-0.25, -0.2) is 4.98 Å². The Kier molecular flexibility index (Phi) is 2.72. The zero-order valence-electron chi connectivity index (χ0n) is 8.84. The average Bonchev–Trinajstić information content (AvgIpc) is 2.29. The minimum Gasteiger partial charge on any atom is -0.480 e. The van der Waals surface area contributed by atoms with E-state index in [-0.39, 0.29) is 0 Å². The minimum atomic E-state index is -0.894. The fourth-order valence-corrected chi connectivity index (χ4v) is 1.50. The average molecular weight is 216 g/mol. The first-order valence-electron chi connectivity index (χ1n) is 5.01. The van der Waals surface area contributed by atoms with E-state index in [1.807, 2.05) is 30.3 Å². The van der Waals surface area contributed by atoms with E-state index in [1.54, 1.807) is 13.1 Å². The van der Waals surface area contributed by atoms with Crippen LogP contribution in [0.25, 0.3) is 10.8 Å². The zero-order chi connectivity index (χ0) is 11.5. The molecule has 0 aliphatic heterocycles. The van der Waals surface area contributed by atoms with Crippen LogP contribution in [0.3, 0.4) is 0 Å². The maximum Gasteiger partial charge on any atom is 0.325 e. The Hall–Kier alpha value is -2.10. The predicted molar refractivity (Wildman–Crippen MR) is 62.5 cm³/mol. The molecule has 0 saturated heterocycles. The summed E-state index contributed by atoms with van der Waals surface area (Å²) in [6.45, 7) is 1.59. The van der Waals surface area contributed by atoms with Gasteiger partial charge < -0.3 is 10.4 Å². The summed E-state index contributed by atoms with van der Waals surface area (Å²) in [7, 11) is 0. The number of benzene rings is 1. The van der Waals surface area contributed by atoms with Crippen LogP contribution in [0.15, 0.2) is 36.5 Å². The highest BCUT2D eigenvalue weighted by molar-refractivity contribution is 5.92. The summed E-state index contributed by atoms with van der Waals surface area (Å²) in [5.74, 6) is -0.289. The maximum absolute atomic E-state index is 10.7. The van der Waals surface area contributed by atoms with Gasteiger partial charge in [0.15, 0.2) is 0 Å². The number of aliphatic carboxylic acids is 1. The van der Waals surface area contributed by atoms with Crippen molar-refractivity contribution in [2.75, 3.05) is 5.32 Å². The Morgan fingerprint density at radius 3 is 2.88 bits per heavy atom. The molecular weight excluding hydrogens is 204 g/mol. The molecule has 1 heterocycles. The van der Waals surface area contributed by atoms with Crippen molar-refractivity contribution in [1.82, 2.24) is 4.98 Å². The maximum atomic E-state index is 10.7. The van der Waals surface area contributed by atoms with Gasteiger partial charge in [-0.1, -0.05) is 24.3 Å². The summed E-state index contributed by atoms with van der Waals surface area (Å²) >= 11 is 0. The number of nitrogens with zero attached hydrogens (tertiary/aromatic N) is 1. The van der Waals surface area contributed by atoms with Crippen molar-refractivity contribution in [2.24, 2.45) is 0 Å². The third-order valence-corrected chi connectivity index (χ3v) is 2.40. The van der Waals surface area contributed by atoms with E-state index in [1.165, 1.54) is 0 Å². The van der Waals surface area contributed by atoms with Crippen LogP contribution in [-0.2, 0) is 4.79 Å². The minimum absolute atomic E-state index is 0.605. The third-order valence-electron chi connectivity index (χ3n) is 2.40. The summed E-state index contributed by atoms with van der Waals surface area (Å²) in [4.78, 5) is 14.9. The molecular formula is C12H12N2O2. The number of rotatable bonds is 3. The van der Waals surface area contributed by atoms with Crippen molar-refractivity contribution in [3.05, 3.63) is 36.5 Å². The van der Waals surface area contributed by atoms with Gasteiger partial charge in [-0.05, 0) is 18.4 Å². The van der Waals surface area contributed by atoms with Crippen LogP contribution in [0.4, 0.5) is 5.82 Å². The molecule has 16 heavy (non-hydrogen) atoms. The fourth-order valence-electron chi connectivity index (χ4n) is 1.50. The largest absolute Gasteiger partial charge is 0.480 e. The molecule has 0 spiro atoms. The molecule has 1 aromatic carbocycles. The molecule has 2 aromatic rings. The number of fused-ring (bicyclic) bond motifs is 1. The number of carboxylic acids is 1. The normalized spacial score (nSPS) is 12.3. The number of pyridine rings is 1. The second-order valence-corrected chi connectivity index (χ2v) is 3.58. The topological polar surface area (TPSA) is 62.2 Å². The van der Waals surface area contributed by atoms with Crippen LogP contribution in [0.2, 0.25) is 0 Å². The van der Waals surface area contributed by atoms with Gasteiger partial charge in [0, 0.05) is 11.6 Å². The number of nitrogens with one attached hydrogen (secondary N) is 1. The second-order valence-electron chi connectivity index (χ2n) is 3.58. The zero-order valence-corrected chi connectivity index (χ0v) is 8.84. The second kappa shape index (κ2) is 4.18. The molecule has 0 radical (unpaired) electrons. The van der Waals surface area contributed by atoms with Crippen LogP contribution >= 0.6 is 0 Å². The third kappa shape index (κ3) is 1.95. The molecule has 0 bridgehead atoms. The summed E-state index contributed by atoms with van der Waals surface area (Å²) in [5, 5.41) is 13.7. The molecule has 0 amide bonds. The van der Waals surface area contributed by atoms with Crippen molar-refractivity contribution >= 4 is 22.6 Å². The molecule has 0 aliphatic carbocycles. The number of aromatic nitrogens is 1. The molecule has 2 N–H and O–H groups in total.